The number of aromatic nitrogens is 1. The minimum Gasteiger partial charge on any atom is -0.479 e. The molecule has 3 heterocycles. The Hall–Kier alpha value is -3.83. The van der Waals surface area contributed by atoms with Crippen molar-refractivity contribution in [1.82, 2.24) is 14.8 Å². The summed E-state index contributed by atoms with van der Waals surface area (Å²) in [5, 5.41) is 0. The molecule has 1 aromatic heterocycles. The van der Waals surface area contributed by atoms with Crippen LogP contribution >= 0.6 is 0 Å². The van der Waals surface area contributed by atoms with Crippen molar-refractivity contribution < 1.29 is 37.0 Å². The van der Waals surface area contributed by atoms with Crippen LogP contribution in [0.2, 0.25) is 0 Å². The number of carbonyl (C=O) groups is 3. The first-order valence-corrected chi connectivity index (χ1v) is 10.8. The van der Waals surface area contributed by atoms with Gasteiger partial charge in [0.05, 0.1) is 6.20 Å². The van der Waals surface area contributed by atoms with E-state index in [0.29, 0.717) is 30.8 Å². The Kier molecular flexibility index (Phi) is 6.55. The van der Waals surface area contributed by atoms with Crippen LogP contribution in [-0.4, -0.2) is 78.6 Å². The van der Waals surface area contributed by atoms with Crippen molar-refractivity contribution in [2.24, 2.45) is 0 Å². The molecule has 2 aliphatic heterocycles. The Morgan fingerprint density at radius 3 is 2.63 bits per heavy atom. The van der Waals surface area contributed by atoms with E-state index >= 15 is 0 Å². The first-order chi connectivity index (χ1) is 16.5. The van der Waals surface area contributed by atoms with Crippen molar-refractivity contribution in [1.29, 1.82) is 0 Å². The van der Waals surface area contributed by atoms with Crippen LogP contribution in [0.3, 0.4) is 0 Å². The number of rotatable bonds is 7. The molecule has 0 unspecified atom stereocenters. The number of carbonyl (C=O) groups excluding carboxylic acids is 3. The van der Waals surface area contributed by atoms with Gasteiger partial charge in [0.25, 0.3) is 11.8 Å². The SMILES string of the molecule is CN(C)C(=O)CN1Cc2ccc(N3CC[C@@H](Oc4ccc(OCC(F)(F)F)nc4)C3=O)cc2C1=O. The molecule has 0 saturated carbocycles. The second-order valence-corrected chi connectivity index (χ2v) is 8.41. The highest BCUT2D eigenvalue weighted by Gasteiger charge is 2.36. The first-order valence-electron chi connectivity index (χ1n) is 10.8. The maximum absolute atomic E-state index is 12.9. The lowest BCUT2D eigenvalue weighted by atomic mass is 10.1. The molecule has 35 heavy (non-hydrogen) atoms. The largest absolute Gasteiger partial charge is 0.479 e. The van der Waals surface area contributed by atoms with Gasteiger partial charge in [-0.05, 0) is 23.8 Å². The van der Waals surface area contributed by atoms with Crippen LogP contribution in [0.5, 0.6) is 11.6 Å². The number of halogens is 3. The Morgan fingerprint density at radius 2 is 1.97 bits per heavy atom. The summed E-state index contributed by atoms with van der Waals surface area (Å²) in [4.78, 5) is 45.9. The Morgan fingerprint density at radius 1 is 1.20 bits per heavy atom. The van der Waals surface area contributed by atoms with E-state index in [4.69, 9.17) is 4.74 Å². The van der Waals surface area contributed by atoms with E-state index < -0.39 is 18.9 Å². The van der Waals surface area contributed by atoms with Gasteiger partial charge in [0, 0.05) is 50.9 Å². The van der Waals surface area contributed by atoms with E-state index in [0.717, 1.165) is 5.56 Å². The monoisotopic (exact) mass is 492 g/mol. The van der Waals surface area contributed by atoms with Crippen molar-refractivity contribution in [3.8, 4) is 11.6 Å². The molecule has 12 heteroatoms. The number of hydrogen-bond acceptors (Lipinski definition) is 6. The van der Waals surface area contributed by atoms with Crippen LogP contribution in [0, 0.1) is 0 Å². The number of nitrogens with zero attached hydrogens (tertiary/aromatic N) is 4. The summed E-state index contributed by atoms with van der Waals surface area (Å²) in [6.07, 6.45) is -3.71. The summed E-state index contributed by atoms with van der Waals surface area (Å²) in [6.45, 7) is -0.797. The van der Waals surface area contributed by atoms with Gasteiger partial charge in [-0.2, -0.15) is 13.2 Å². The van der Waals surface area contributed by atoms with E-state index in [-0.39, 0.29) is 35.9 Å². The molecule has 1 fully saturated rings. The predicted octanol–water partition coefficient (Wildman–Crippen LogP) is 2.25. The van der Waals surface area contributed by atoms with Gasteiger partial charge in [0.1, 0.15) is 12.3 Å². The lowest BCUT2D eigenvalue weighted by Gasteiger charge is -2.18. The predicted molar refractivity (Wildman–Crippen MR) is 117 cm³/mol. The molecule has 1 aromatic carbocycles. The van der Waals surface area contributed by atoms with E-state index in [1.165, 1.54) is 33.0 Å². The van der Waals surface area contributed by atoms with Gasteiger partial charge >= 0.3 is 6.18 Å². The fourth-order valence-corrected chi connectivity index (χ4v) is 3.81. The quantitative estimate of drug-likeness (QED) is 0.589. The summed E-state index contributed by atoms with van der Waals surface area (Å²) >= 11 is 0. The number of pyridine rings is 1. The number of amides is 3. The molecular weight excluding hydrogens is 469 g/mol. The number of alkyl halides is 3. The molecule has 3 amide bonds. The van der Waals surface area contributed by atoms with Crippen LogP contribution < -0.4 is 14.4 Å². The maximum atomic E-state index is 12.9. The zero-order valence-corrected chi connectivity index (χ0v) is 19.0. The van der Waals surface area contributed by atoms with Crippen molar-refractivity contribution in [2.75, 3.05) is 38.7 Å². The van der Waals surface area contributed by atoms with Crippen LogP contribution in [-0.2, 0) is 16.1 Å². The van der Waals surface area contributed by atoms with E-state index in [2.05, 4.69) is 9.72 Å². The van der Waals surface area contributed by atoms with Crippen LogP contribution in [0.4, 0.5) is 18.9 Å². The van der Waals surface area contributed by atoms with Gasteiger partial charge in [0.15, 0.2) is 12.7 Å². The number of benzene rings is 1. The molecule has 186 valence electrons. The fraction of sp³-hybridized carbons (Fsp3) is 0.391. The van der Waals surface area contributed by atoms with Crippen LogP contribution in [0.15, 0.2) is 36.5 Å². The minimum absolute atomic E-state index is 0.0253. The molecule has 0 aliphatic carbocycles. The second kappa shape index (κ2) is 9.43. The first kappa shape index (κ1) is 24.3. The third-order valence-corrected chi connectivity index (χ3v) is 5.64. The molecule has 0 bridgehead atoms. The normalized spacial score (nSPS) is 17.6. The molecule has 4 rings (SSSR count). The average Bonchev–Trinajstić information content (AvgIpc) is 3.32. The lowest BCUT2D eigenvalue weighted by molar-refractivity contribution is -0.154. The molecule has 2 aromatic rings. The van der Waals surface area contributed by atoms with Crippen molar-refractivity contribution in [3.05, 3.63) is 47.7 Å². The maximum Gasteiger partial charge on any atom is 0.422 e. The van der Waals surface area contributed by atoms with Gasteiger partial charge in [-0.3, -0.25) is 14.4 Å². The van der Waals surface area contributed by atoms with Gasteiger partial charge in [0.2, 0.25) is 11.8 Å². The zero-order valence-electron chi connectivity index (χ0n) is 19.0. The molecular formula is C23H23F3N4O5. The molecule has 9 nitrogen and oxygen atoms in total. The smallest absolute Gasteiger partial charge is 0.422 e. The molecule has 0 spiro atoms. The summed E-state index contributed by atoms with van der Waals surface area (Å²) in [5.41, 5.74) is 1.77. The highest BCUT2D eigenvalue weighted by atomic mass is 19.4. The molecule has 0 N–H and O–H groups in total. The highest BCUT2D eigenvalue weighted by molar-refractivity contribution is 6.03. The fourth-order valence-electron chi connectivity index (χ4n) is 3.81. The van der Waals surface area contributed by atoms with Gasteiger partial charge in [-0.1, -0.05) is 6.07 Å². The Balaban J connectivity index is 1.39. The summed E-state index contributed by atoms with van der Waals surface area (Å²) in [5.74, 6) is -0.758. The minimum atomic E-state index is -4.47. The Labute approximate surface area is 199 Å². The molecule has 2 aliphatic rings. The van der Waals surface area contributed by atoms with E-state index in [1.807, 2.05) is 0 Å². The Bertz CT molecular complexity index is 1140. The standard InChI is InChI=1S/C23H23F3N4O5/c1-28(2)20(31)12-29-11-14-3-4-15(9-17(14)21(29)32)30-8-7-18(22(30)33)35-16-5-6-19(27-10-16)34-13-23(24,25)26/h3-6,9-10,18H,7-8,11-13H2,1-2H3/t18-/m1/s1. The van der Waals surface area contributed by atoms with Crippen molar-refractivity contribution >= 4 is 23.4 Å². The number of likely N-dealkylation sites (N-methyl/N-ethyl adjacent to an activating group) is 1. The number of ether oxygens (including phenoxy) is 2. The van der Waals surface area contributed by atoms with Crippen molar-refractivity contribution in [2.45, 2.75) is 25.2 Å². The van der Waals surface area contributed by atoms with Crippen LogP contribution in [0.25, 0.3) is 0 Å². The summed E-state index contributed by atoms with van der Waals surface area (Å²) in [7, 11) is 3.25. The van der Waals surface area contributed by atoms with E-state index in [1.54, 1.807) is 32.3 Å². The number of fused-ring (bicyclic) bond motifs is 1. The zero-order chi connectivity index (χ0) is 25.3. The highest BCUT2D eigenvalue weighted by Crippen LogP contribution is 2.31. The number of anilines is 1. The van der Waals surface area contributed by atoms with Crippen LogP contribution in [0.1, 0.15) is 22.3 Å². The van der Waals surface area contributed by atoms with Gasteiger partial charge in [-0.25, -0.2) is 4.98 Å². The number of hydrogen-bond donors (Lipinski definition) is 0. The third-order valence-electron chi connectivity index (χ3n) is 5.64. The summed E-state index contributed by atoms with van der Waals surface area (Å²) < 4.78 is 47.0. The molecule has 1 atom stereocenters. The molecule has 0 radical (unpaired) electrons. The second-order valence-electron chi connectivity index (χ2n) is 8.41. The third kappa shape index (κ3) is 5.47. The van der Waals surface area contributed by atoms with Gasteiger partial charge < -0.3 is 24.2 Å². The summed E-state index contributed by atoms with van der Waals surface area (Å²) in [6, 6.07) is 7.78. The van der Waals surface area contributed by atoms with Crippen molar-refractivity contribution in [3.63, 3.8) is 0 Å². The lowest BCUT2D eigenvalue weighted by Crippen LogP contribution is -2.36. The molecule has 1 saturated heterocycles. The van der Waals surface area contributed by atoms with Gasteiger partial charge in [-0.15, -0.1) is 0 Å². The average molecular weight is 492 g/mol. The topological polar surface area (TPSA) is 92.3 Å². The van der Waals surface area contributed by atoms with E-state index in [9.17, 15) is 27.6 Å².